The maximum absolute atomic E-state index is 10.00. The molecule has 2 bridgehead atoms. The van der Waals surface area contributed by atoms with Gasteiger partial charge in [0.2, 0.25) is 0 Å². The van der Waals surface area contributed by atoms with Crippen molar-refractivity contribution in [2.24, 2.45) is 5.92 Å². The highest BCUT2D eigenvalue weighted by molar-refractivity contribution is 5.26. The van der Waals surface area contributed by atoms with Gasteiger partial charge >= 0.3 is 0 Å². The van der Waals surface area contributed by atoms with Gasteiger partial charge in [-0.05, 0) is 31.9 Å². The molecule has 4 unspecified atom stereocenters. The van der Waals surface area contributed by atoms with Gasteiger partial charge in [0.15, 0.2) is 0 Å². The van der Waals surface area contributed by atoms with E-state index in [1.165, 1.54) is 5.56 Å². The van der Waals surface area contributed by atoms with Crippen molar-refractivity contribution in [3.05, 3.63) is 29.8 Å². The van der Waals surface area contributed by atoms with Crippen LogP contribution in [0.5, 0.6) is 5.75 Å². The lowest BCUT2D eigenvalue weighted by Gasteiger charge is -2.23. The van der Waals surface area contributed by atoms with E-state index in [-0.39, 0.29) is 24.2 Å². The molecule has 3 nitrogen and oxygen atoms in total. The van der Waals surface area contributed by atoms with E-state index in [2.05, 4.69) is 6.92 Å². The summed E-state index contributed by atoms with van der Waals surface area (Å²) in [7, 11) is 0. The van der Waals surface area contributed by atoms with Crippen LogP contribution < -0.4 is 4.74 Å². The molecule has 0 radical (unpaired) electrons. The lowest BCUT2D eigenvalue weighted by atomic mass is 9.87. The number of hydrogen-bond donors (Lipinski definition) is 1. The number of benzene rings is 1. The molecular formula is C14H18O3. The Morgan fingerprint density at radius 2 is 1.94 bits per heavy atom. The van der Waals surface area contributed by atoms with Crippen molar-refractivity contribution in [1.82, 2.24) is 0 Å². The van der Waals surface area contributed by atoms with E-state index in [0.29, 0.717) is 6.61 Å². The van der Waals surface area contributed by atoms with E-state index in [4.69, 9.17) is 9.47 Å². The summed E-state index contributed by atoms with van der Waals surface area (Å²) in [4.78, 5) is 0. The second kappa shape index (κ2) is 4.31. The highest BCUT2D eigenvalue weighted by Crippen LogP contribution is 2.39. The quantitative estimate of drug-likeness (QED) is 0.868. The first-order valence-electron chi connectivity index (χ1n) is 6.27. The smallest absolute Gasteiger partial charge is 0.119 e. The first-order chi connectivity index (χ1) is 8.24. The van der Waals surface area contributed by atoms with E-state index in [1.807, 2.05) is 24.3 Å². The summed E-state index contributed by atoms with van der Waals surface area (Å²) in [5.74, 6) is 1.00. The minimum Gasteiger partial charge on any atom is -0.493 e. The Balaban J connectivity index is 1.59. The molecule has 17 heavy (non-hydrogen) atoms. The minimum absolute atomic E-state index is 0.0478. The van der Waals surface area contributed by atoms with Crippen LogP contribution in [0.15, 0.2) is 24.3 Å². The number of rotatable bonds is 3. The lowest BCUT2D eigenvalue weighted by molar-refractivity contribution is 0.0471. The number of ether oxygens (including phenoxy) is 2. The van der Waals surface area contributed by atoms with Gasteiger partial charge in [-0.25, -0.2) is 0 Å². The summed E-state index contributed by atoms with van der Waals surface area (Å²) in [6, 6.07) is 8.00. The van der Waals surface area contributed by atoms with E-state index < -0.39 is 0 Å². The van der Waals surface area contributed by atoms with Gasteiger partial charge in [-0.1, -0.05) is 17.7 Å². The van der Waals surface area contributed by atoms with Crippen molar-refractivity contribution in [3.63, 3.8) is 0 Å². The van der Waals surface area contributed by atoms with Gasteiger partial charge in [-0.15, -0.1) is 0 Å². The van der Waals surface area contributed by atoms with Gasteiger partial charge in [0, 0.05) is 5.92 Å². The van der Waals surface area contributed by atoms with E-state index in [0.717, 1.165) is 18.6 Å². The molecule has 2 aliphatic heterocycles. The van der Waals surface area contributed by atoms with Crippen LogP contribution in [0.2, 0.25) is 0 Å². The molecular weight excluding hydrogens is 216 g/mol. The standard InChI is InChI=1S/C14H18O3/c1-9-2-4-10(5-3-9)16-8-11-12-6-7-13(17-12)14(11)15/h2-5,11-15H,6-8H2,1H3. The van der Waals surface area contributed by atoms with Gasteiger partial charge < -0.3 is 14.6 Å². The summed E-state index contributed by atoms with van der Waals surface area (Å²) in [5, 5.41) is 10.00. The van der Waals surface area contributed by atoms with Crippen LogP contribution in [0.1, 0.15) is 18.4 Å². The number of aryl methyl sites for hydroxylation is 1. The van der Waals surface area contributed by atoms with Crippen LogP contribution >= 0.6 is 0 Å². The number of aliphatic hydroxyl groups is 1. The Kier molecular flexibility index (Phi) is 2.81. The van der Waals surface area contributed by atoms with Crippen LogP contribution in [0, 0.1) is 12.8 Å². The fourth-order valence-electron chi connectivity index (χ4n) is 2.78. The highest BCUT2D eigenvalue weighted by Gasteiger charge is 2.48. The first kappa shape index (κ1) is 11.1. The van der Waals surface area contributed by atoms with Crippen LogP contribution in [0.3, 0.4) is 0 Å². The molecule has 0 saturated carbocycles. The van der Waals surface area contributed by atoms with Crippen LogP contribution in [-0.2, 0) is 4.74 Å². The zero-order chi connectivity index (χ0) is 11.8. The third-order valence-corrected chi connectivity index (χ3v) is 3.85. The topological polar surface area (TPSA) is 38.7 Å². The van der Waals surface area contributed by atoms with E-state index in [9.17, 15) is 5.11 Å². The average Bonchev–Trinajstić information content (AvgIpc) is 2.90. The number of aliphatic hydroxyl groups excluding tert-OH is 1. The predicted octanol–water partition coefficient (Wildman–Crippen LogP) is 1.91. The highest BCUT2D eigenvalue weighted by atomic mass is 16.5. The second-order valence-corrected chi connectivity index (χ2v) is 5.07. The largest absolute Gasteiger partial charge is 0.493 e. The van der Waals surface area contributed by atoms with Gasteiger partial charge in [-0.3, -0.25) is 0 Å². The Bertz CT molecular complexity index is 385. The molecule has 0 aliphatic carbocycles. The molecule has 1 N–H and O–H groups in total. The molecule has 2 saturated heterocycles. The Morgan fingerprint density at radius 3 is 2.59 bits per heavy atom. The van der Waals surface area contributed by atoms with Gasteiger partial charge in [-0.2, -0.15) is 0 Å². The zero-order valence-electron chi connectivity index (χ0n) is 10.0. The predicted molar refractivity (Wildman–Crippen MR) is 64.1 cm³/mol. The average molecular weight is 234 g/mol. The third kappa shape index (κ3) is 2.05. The summed E-state index contributed by atoms with van der Waals surface area (Å²) >= 11 is 0. The molecule has 3 heteroatoms. The Labute approximate surface area is 101 Å². The normalized spacial score (nSPS) is 35.2. The van der Waals surface area contributed by atoms with Gasteiger partial charge in [0.05, 0.1) is 24.9 Å². The first-order valence-corrected chi connectivity index (χ1v) is 6.27. The van der Waals surface area contributed by atoms with E-state index >= 15 is 0 Å². The Hall–Kier alpha value is -1.06. The molecule has 1 aromatic carbocycles. The summed E-state index contributed by atoms with van der Waals surface area (Å²) in [6.07, 6.45) is 1.95. The minimum atomic E-state index is -0.348. The van der Waals surface area contributed by atoms with Gasteiger partial charge in [0.25, 0.3) is 0 Å². The maximum Gasteiger partial charge on any atom is 0.119 e. The number of hydrogen-bond acceptors (Lipinski definition) is 3. The Morgan fingerprint density at radius 1 is 1.24 bits per heavy atom. The molecule has 4 atom stereocenters. The van der Waals surface area contributed by atoms with Crippen LogP contribution in [-0.4, -0.2) is 30.0 Å². The van der Waals surface area contributed by atoms with Gasteiger partial charge in [0.1, 0.15) is 5.75 Å². The van der Waals surface area contributed by atoms with Crippen molar-refractivity contribution >= 4 is 0 Å². The second-order valence-electron chi connectivity index (χ2n) is 5.07. The molecule has 0 amide bonds. The molecule has 0 aromatic heterocycles. The summed E-state index contributed by atoms with van der Waals surface area (Å²) in [6.45, 7) is 2.60. The molecule has 2 aliphatic rings. The number of fused-ring (bicyclic) bond motifs is 2. The molecule has 3 rings (SSSR count). The monoisotopic (exact) mass is 234 g/mol. The van der Waals surface area contributed by atoms with Crippen LogP contribution in [0.25, 0.3) is 0 Å². The fourth-order valence-corrected chi connectivity index (χ4v) is 2.78. The molecule has 92 valence electrons. The summed E-state index contributed by atoms with van der Waals surface area (Å²) in [5.41, 5.74) is 1.22. The van der Waals surface area contributed by atoms with Crippen molar-refractivity contribution in [2.75, 3.05) is 6.61 Å². The third-order valence-electron chi connectivity index (χ3n) is 3.85. The summed E-state index contributed by atoms with van der Waals surface area (Å²) < 4.78 is 11.4. The van der Waals surface area contributed by atoms with Crippen molar-refractivity contribution in [3.8, 4) is 5.75 Å². The van der Waals surface area contributed by atoms with Crippen molar-refractivity contribution < 1.29 is 14.6 Å². The van der Waals surface area contributed by atoms with Crippen LogP contribution in [0.4, 0.5) is 0 Å². The van der Waals surface area contributed by atoms with Crippen molar-refractivity contribution in [2.45, 2.75) is 38.1 Å². The maximum atomic E-state index is 10.00. The molecule has 1 aromatic rings. The fraction of sp³-hybridized carbons (Fsp3) is 0.571. The van der Waals surface area contributed by atoms with Crippen molar-refractivity contribution in [1.29, 1.82) is 0 Å². The van der Waals surface area contributed by atoms with E-state index in [1.54, 1.807) is 0 Å². The SMILES string of the molecule is Cc1ccc(OCC2C3CCC(O3)C2O)cc1. The molecule has 2 heterocycles. The zero-order valence-corrected chi connectivity index (χ0v) is 10.0. The lowest BCUT2D eigenvalue weighted by Crippen LogP contribution is -2.35. The molecule has 0 spiro atoms. The molecule has 2 fully saturated rings.